The first-order chi connectivity index (χ1) is 11.1. The van der Waals surface area contributed by atoms with Crippen LogP contribution in [0.1, 0.15) is 5.56 Å². The largest absolute Gasteiger partial charge is 0.493 e. The Labute approximate surface area is 134 Å². The minimum Gasteiger partial charge on any atom is -0.493 e. The second-order valence-corrected chi connectivity index (χ2v) is 4.69. The third-order valence-corrected chi connectivity index (χ3v) is 3.13. The van der Waals surface area contributed by atoms with Crippen LogP contribution in [-0.2, 0) is 11.3 Å². The lowest BCUT2D eigenvalue weighted by molar-refractivity contribution is -0.123. The van der Waals surface area contributed by atoms with Crippen molar-refractivity contribution < 1.29 is 23.4 Å². The average molecular weight is 319 g/mol. The molecule has 0 saturated heterocycles. The monoisotopic (exact) mass is 319 g/mol. The number of hydrogen-bond acceptors (Lipinski definition) is 4. The molecule has 0 spiro atoms. The molecule has 0 saturated carbocycles. The number of para-hydroxylation sites is 1. The van der Waals surface area contributed by atoms with Crippen LogP contribution in [0.2, 0.25) is 0 Å². The number of ether oxygens (including phenoxy) is 3. The molecule has 0 bridgehead atoms. The summed E-state index contributed by atoms with van der Waals surface area (Å²) < 4.78 is 28.8. The van der Waals surface area contributed by atoms with Gasteiger partial charge in [0, 0.05) is 6.54 Å². The summed E-state index contributed by atoms with van der Waals surface area (Å²) >= 11 is 0. The SMILES string of the molecule is COc1ccc(CNC(=O)COc2ccccc2F)cc1OC. The Kier molecular flexibility index (Phi) is 5.80. The molecule has 0 aromatic heterocycles. The van der Waals surface area contributed by atoms with Crippen LogP contribution in [0.5, 0.6) is 17.2 Å². The van der Waals surface area contributed by atoms with E-state index in [9.17, 15) is 9.18 Å². The highest BCUT2D eigenvalue weighted by Gasteiger charge is 2.08. The number of nitrogens with one attached hydrogen (secondary N) is 1. The van der Waals surface area contributed by atoms with Crippen LogP contribution in [0.3, 0.4) is 0 Å². The molecule has 1 amide bonds. The molecule has 0 radical (unpaired) electrons. The summed E-state index contributed by atoms with van der Waals surface area (Å²) in [5.41, 5.74) is 0.849. The minimum absolute atomic E-state index is 0.0498. The molecule has 23 heavy (non-hydrogen) atoms. The highest BCUT2D eigenvalue weighted by Crippen LogP contribution is 2.27. The Bertz CT molecular complexity index is 675. The van der Waals surface area contributed by atoms with E-state index in [1.807, 2.05) is 6.07 Å². The van der Waals surface area contributed by atoms with Crippen molar-refractivity contribution in [3.8, 4) is 17.2 Å². The number of halogens is 1. The van der Waals surface area contributed by atoms with Gasteiger partial charge in [-0.3, -0.25) is 4.79 Å². The van der Waals surface area contributed by atoms with Crippen LogP contribution in [-0.4, -0.2) is 26.7 Å². The molecule has 6 heteroatoms. The Morgan fingerprint density at radius 3 is 2.48 bits per heavy atom. The van der Waals surface area contributed by atoms with E-state index in [-0.39, 0.29) is 18.3 Å². The topological polar surface area (TPSA) is 56.8 Å². The van der Waals surface area contributed by atoms with Crippen LogP contribution in [0.25, 0.3) is 0 Å². The third-order valence-electron chi connectivity index (χ3n) is 3.13. The zero-order chi connectivity index (χ0) is 16.7. The van der Waals surface area contributed by atoms with Crippen molar-refractivity contribution in [3.63, 3.8) is 0 Å². The molecule has 0 aliphatic heterocycles. The predicted octanol–water partition coefficient (Wildman–Crippen LogP) is 2.54. The van der Waals surface area contributed by atoms with Gasteiger partial charge in [-0.05, 0) is 29.8 Å². The number of hydrogen-bond donors (Lipinski definition) is 1. The second-order valence-electron chi connectivity index (χ2n) is 4.69. The van der Waals surface area contributed by atoms with Crippen LogP contribution < -0.4 is 19.5 Å². The average Bonchev–Trinajstić information content (AvgIpc) is 2.58. The van der Waals surface area contributed by atoms with Gasteiger partial charge in [-0.25, -0.2) is 4.39 Å². The summed E-state index contributed by atoms with van der Waals surface area (Å²) in [6.45, 7) is 0.0496. The van der Waals surface area contributed by atoms with Gasteiger partial charge in [0.2, 0.25) is 0 Å². The zero-order valence-corrected chi connectivity index (χ0v) is 13.0. The maximum atomic E-state index is 13.4. The van der Waals surface area contributed by atoms with E-state index in [1.54, 1.807) is 38.5 Å². The lowest BCUT2D eigenvalue weighted by Crippen LogP contribution is -2.28. The molecule has 1 N–H and O–H groups in total. The van der Waals surface area contributed by atoms with Crippen molar-refractivity contribution in [2.24, 2.45) is 0 Å². The van der Waals surface area contributed by atoms with Gasteiger partial charge in [-0.2, -0.15) is 0 Å². The molecular formula is C17H18FNO4. The zero-order valence-electron chi connectivity index (χ0n) is 13.0. The van der Waals surface area contributed by atoms with E-state index >= 15 is 0 Å². The number of carbonyl (C=O) groups is 1. The van der Waals surface area contributed by atoms with E-state index in [0.717, 1.165) is 5.56 Å². The van der Waals surface area contributed by atoms with Crippen molar-refractivity contribution >= 4 is 5.91 Å². The molecule has 5 nitrogen and oxygen atoms in total. The summed E-state index contributed by atoms with van der Waals surface area (Å²) in [7, 11) is 3.10. The van der Waals surface area contributed by atoms with Crippen molar-refractivity contribution in [3.05, 3.63) is 53.8 Å². The normalized spacial score (nSPS) is 10.0. The van der Waals surface area contributed by atoms with Gasteiger partial charge in [-0.1, -0.05) is 18.2 Å². The molecule has 0 unspecified atom stereocenters. The molecule has 2 rings (SSSR count). The molecule has 0 heterocycles. The number of amides is 1. The summed E-state index contributed by atoms with van der Waals surface area (Å²) in [4.78, 5) is 11.8. The molecule has 0 fully saturated rings. The van der Waals surface area contributed by atoms with Gasteiger partial charge in [-0.15, -0.1) is 0 Å². The predicted molar refractivity (Wildman–Crippen MR) is 83.3 cm³/mol. The van der Waals surface area contributed by atoms with E-state index in [2.05, 4.69) is 5.32 Å². The standard InChI is InChI=1S/C17H18FNO4/c1-21-15-8-7-12(9-16(15)22-2)10-19-17(20)11-23-14-6-4-3-5-13(14)18/h3-9H,10-11H2,1-2H3,(H,19,20). The number of benzene rings is 2. The Hall–Kier alpha value is -2.76. The first-order valence-electron chi connectivity index (χ1n) is 6.99. The smallest absolute Gasteiger partial charge is 0.258 e. The summed E-state index contributed by atoms with van der Waals surface area (Å²) in [6, 6.07) is 11.3. The Morgan fingerprint density at radius 1 is 1.04 bits per heavy atom. The summed E-state index contributed by atoms with van der Waals surface area (Å²) in [6.07, 6.45) is 0. The maximum Gasteiger partial charge on any atom is 0.258 e. The molecule has 2 aromatic carbocycles. The van der Waals surface area contributed by atoms with Crippen LogP contribution in [0.4, 0.5) is 4.39 Å². The van der Waals surface area contributed by atoms with Crippen molar-refractivity contribution in [1.29, 1.82) is 0 Å². The lowest BCUT2D eigenvalue weighted by Gasteiger charge is -2.11. The molecular weight excluding hydrogens is 301 g/mol. The highest BCUT2D eigenvalue weighted by molar-refractivity contribution is 5.77. The third kappa shape index (κ3) is 4.60. The van der Waals surface area contributed by atoms with Gasteiger partial charge in [0.05, 0.1) is 14.2 Å². The van der Waals surface area contributed by atoms with Crippen LogP contribution in [0.15, 0.2) is 42.5 Å². The van der Waals surface area contributed by atoms with Crippen molar-refractivity contribution in [1.82, 2.24) is 5.32 Å². The fourth-order valence-corrected chi connectivity index (χ4v) is 1.95. The second kappa shape index (κ2) is 8.03. The van der Waals surface area contributed by atoms with Crippen molar-refractivity contribution in [2.75, 3.05) is 20.8 Å². The highest BCUT2D eigenvalue weighted by atomic mass is 19.1. The lowest BCUT2D eigenvalue weighted by atomic mass is 10.2. The summed E-state index contributed by atoms with van der Waals surface area (Å²) in [5.74, 6) is 0.407. The first-order valence-corrected chi connectivity index (χ1v) is 6.99. The van der Waals surface area contributed by atoms with Gasteiger partial charge in [0.1, 0.15) is 0 Å². The molecule has 0 aliphatic rings. The van der Waals surface area contributed by atoms with E-state index < -0.39 is 5.82 Å². The van der Waals surface area contributed by atoms with Gasteiger partial charge < -0.3 is 19.5 Å². The maximum absolute atomic E-state index is 13.4. The van der Waals surface area contributed by atoms with Gasteiger partial charge >= 0.3 is 0 Å². The van der Waals surface area contributed by atoms with Crippen molar-refractivity contribution in [2.45, 2.75) is 6.54 Å². The first kappa shape index (κ1) is 16.6. The fourth-order valence-electron chi connectivity index (χ4n) is 1.95. The van der Waals surface area contributed by atoms with Crippen LogP contribution >= 0.6 is 0 Å². The molecule has 122 valence electrons. The molecule has 0 aliphatic carbocycles. The van der Waals surface area contributed by atoms with Gasteiger partial charge in [0.15, 0.2) is 29.7 Å². The number of carbonyl (C=O) groups excluding carboxylic acids is 1. The van der Waals surface area contributed by atoms with Crippen LogP contribution in [0, 0.1) is 5.82 Å². The molecule has 2 aromatic rings. The molecule has 0 atom stereocenters. The summed E-state index contributed by atoms with van der Waals surface area (Å²) in [5, 5.41) is 2.69. The van der Waals surface area contributed by atoms with Gasteiger partial charge in [0.25, 0.3) is 5.91 Å². The minimum atomic E-state index is -0.500. The number of methoxy groups -OCH3 is 2. The number of rotatable bonds is 7. The fraction of sp³-hybridized carbons (Fsp3) is 0.235. The van der Waals surface area contributed by atoms with E-state index in [4.69, 9.17) is 14.2 Å². The quantitative estimate of drug-likeness (QED) is 0.852. The van der Waals surface area contributed by atoms with E-state index in [1.165, 1.54) is 12.1 Å². The van der Waals surface area contributed by atoms with E-state index in [0.29, 0.717) is 18.0 Å². The Morgan fingerprint density at radius 2 is 1.78 bits per heavy atom. The Balaban J connectivity index is 1.86.